The van der Waals surface area contributed by atoms with Crippen molar-refractivity contribution in [2.45, 2.75) is 32.2 Å². The van der Waals surface area contributed by atoms with Crippen LogP contribution in [0.1, 0.15) is 26.7 Å². The van der Waals surface area contributed by atoms with Gasteiger partial charge in [-0.1, -0.05) is 0 Å². The molecule has 0 aromatic heterocycles. The molecule has 3 amide bonds. The van der Waals surface area contributed by atoms with Crippen LogP contribution in [0.3, 0.4) is 0 Å². The van der Waals surface area contributed by atoms with Gasteiger partial charge in [-0.05, 0) is 13.8 Å². The smallest absolute Gasteiger partial charge is 0.315 e. The highest BCUT2D eigenvalue weighted by Crippen LogP contribution is 2.07. The van der Waals surface area contributed by atoms with Gasteiger partial charge >= 0.3 is 12.0 Å². The number of nitrogens with two attached hydrogens (primary N) is 1. The molecule has 0 aliphatic carbocycles. The highest BCUT2D eigenvalue weighted by molar-refractivity contribution is 5.78. The lowest BCUT2D eigenvalue weighted by Gasteiger charge is -2.24. The SMILES string of the molecule is CC(C)(CC(=O)O)NC(=O)NCCC(N)=O. The van der Waals surface area contributed by atoms with Crippen molar-refractivity contribution in [2.75, 3.05) is 6.54 Å². The Labute approximate surface area is 93.4 Å². The summed E-state index contributed by atoms with van der Waals surface area (Å²) in [6.45, 7) is 3.31. The van der Waals surface area contributed by atoms with Gasteiger partial charge in [0.15, 0.2) is 0 Å². The van der Waals surface area contributed by atoms with Crippen LogP contribution in [0.2, 0.25) is 0 Å². The van der Waals surface area contributed by atoms with Crippen molar-refractivity contribution in [1.82, 2.24) is 10.6 Å². The number of nitrogens with one attached hydrogen (secondary N) is 2. The summed E-state index contributed by atoms with van der Waals surface area (Å²) in [5, 5.41) is 13.5. The number of primary amides is 1. The predicted molar refractivity (Wildman–Crippen MR) is 56.7 cm³/mol. The molecule has 0 aliphatic heterocycles. The quantitative estimate of drug-likeness (QED) is 0.488. The molecular weight excluding hydrogens is 214 g/mol. The van der Waals surface area contributed by atoms with Gasteiger partial charge in [0.2, 0.25) is 5.91 Å². The van der Waals surface area contributed by atoms with Crippen LogP contribution < -0.4 is 16.4 Å². The third-order valence-corrected chi connectivity index (χ3v) is 1.70. The summed E-state index contributed by atoms with van der Waals surface area (Å²) < 4.78 is 0. The van der Waals surface area contributed by atoms with Crippen molar-refractivity contribution in [2.24, 2.45) is 5.73 Å². The number of hydrogen-bond acceptors (Lipinski definition) is 3. The summed E-state index contributed by atoms with van der Waals surface area (Å²) in [5.41, 5.74) is 4.04. The summed E-state index contributed by atoms with van der Waals surface area (Å²) >= 11 is 0. The molecule has 0 aromatic rings. The van der Waals surface area contributed by atoms with Crippen molar-refractivity contribution in [1.29, 1.82) is 0 Å². The van der Waals surface area contributed by atoms with E-state index in [0.29, 0.717) is 0 Å². The van der Waals surface area contributed by atoms with Crippen LogP contribution in [0, 0.1) is 0 Å². The molecule has 16 heavy (non-hydrogen) atoms. The summed E-state index contributed by atoms with van der Waals surface area (Å²) in [4.78, 5) is 32.1. The van der Waals surface area contributed by atoms with E-state index < -0.39 is 23.4 Å². The second-order valence-electron chi connectivity index (χ2n) is 4.05. The molecule has 7 heteroatoms. The third-order valence-electron chi connectivity index (χ3n) is 1.70. The van der Waals surface area contributed by atoms with Crippen molar-refractivity contribution in [3.63, 3.8) is 0 Å². The standard InChI is InChI=1S/C9H17N3O4/c1-9(2,5-7(14)15)12-8(16)11-4-3-6(10)13/h3-5H2,1-2H3,(H2,10,13)(H,14,15)(H2,11,12,16). The largest absolute Gasteiger partial charge is 0.481 e. The average molecular weight is 231 g/mol. The molecule has 92 valence electrons. The number of carboxylic acid groups (broad SMARTS) is 1. The van der Waals surface area contributed by atoms with Crippen LogP contribution in [-0.2, 0) is 9.59 Å². The van der Waals surface area contributed by atoms with Gasteiger partial charge in [-0.15, -0.1) is 0 Å². The summed E-state index contributed by atoms with van der Waals surface area (Å²) in [5.74, 6) is -1.51. The number of carbonyl (C=O) groups is 3. The third kappa shape index (κ3) is 7.60. The fourth-order valence-electron chi connectivity index (χ4n) is 1.07. The Morgan fingerprint density at radius 1 is 1.31 bits per heavy atom. The summed E-state index contributed by atoms with van der Waals surface area (Å²) in [7, 11) is 0. The van der Waals surface area contributed by atoms with E-state index in [1.54, 1.807) is 13.8 Å². The van der Waals surface area contributed by atoms with Gasteiger partial charge in [0.1, 0.15) is 0 Å². The number of carboxylic acids is 1. The number of urea groups is 1. The molecule has 0 fully saturated rings. The normalized spacial score (nSPS) is 10.6. The Kier molecular flexibility index (Phi) is 5.27. The van der Waals surface area contributed by atoms with Crippen molar-refractivity contribution in [3.05, 3.63) is 0 Å². The highest BCUT2D eigenvalue weighted by Gasteiger charge is 2.23. The number of rotatable bonds is 6. The Balaban J connectivity index is 3.94. The van der Waals surface area contributed by atoms with Crippen LogP contribution in [-0.4, -0.2) is 35.1 Å². The maximum Gasteiger partial charge on any atom is 0.315 e. The zero-order valence-electron chi connectivity index (χ0n) is 9.37. The Morgan fingerprint density at radius 3 is 2.31 bits per heavy atom. The molecule has 5 N–H and O–H groups in total. The van der Waals surface area contributed by atoms with Gasteiger partial charge < -0.3 is 21.5 Å². The van der Waals surface area contributed by atoms with Gasteiger partial charge in [0.05, 0.1) is 6.42 Å². The minimum Gasteiger partial charge on any atom is -0.481 e. The highest BCUT2D eigenvalue weighted by atomic mass is 16.4. The Hall–Kier alpha value is -1.79. The van der Waals surface area contributed by atoms with Crippen molar-refractivity contribution >= 4 is 17.9 Å². The molecule has 7 nitrogen and oxygen atoms in total. The lowest BCUT2D eigenvalue weighted by atomic mass is 10.0. The van der Waals surface area contributed by atoms with Gasteiger partial charge in [-0.3, -0.25) is 9.59 Å². The molecule has 0 heterocycles. The van der Waals surface area contributed by atoms with E-state index in [-0.39, 0.29) is 19.4 Å². The first kappa shape index (κ1) is 14.2. The first-order chi connectivity index (χ1) is 7.23. The lowest BCUT2D eigenvalue weighted by Crippen LogP contribution is -2.49. The van der Waals surface area contributed by atoms with E-state index in [4.69, 9.17) is 10.8 Å². The molecule has 0 rings (SSSR count). The van der Waals surface area contributed by atoms with E-state index in [0.717, 1.165) is 0 Å². The minimum absolute atomic E-state index is 0.0484. The number of carbonyl (C=O) groups excluding carboxylic acids is 2. The molecule has 0 spiro atoms. The molecule has 0 atom stereocenters. The van der Waals surface area contributed by atoms with E-state index in [2.05, 4.69) is 10.6 Å². The first-order valence-corrected chi connectivity index (χ1v) is 4.79. The van der Waals surface area contributed by atoms with E-state index in [9.17, 15) is 14.4 Å². The second kappa shape index (κ2) is 5.94. The zero-order chi connectivity index (χ0) is 12.8. The predicted octanol–water partition coefficient (Wildman–Crippen LogP) is -0.586. The molecule has 0 saturated carbocycles. The lowest BCUT2D eigenvalue weighted by molar-refractivity contribution is -0.138. The summed E-state index contributed by atoms with van der Waals surface area (Å²) in [6, 6.07) is -0.521. The van der Waals surface area contributed by atoms with Crippen molar-refractivity contribution in [3.8, 4) is 0 Å². The maximum absolute atomic E-state index is 11.3. The van der Waals surface area contributed by atoms with E-state index >= 15 is 0 Å². The van der Waals surface area contributed by atoms with Crippen molar-refractivity contribution < 1.29 is 19.5 Å². The topological polar surface area (TPSA) is 122 Å². The monoisotopic (exact) mass is 231 g/mol. The van der Waals surface area contributed by atoms with Gasteiger partial charge in [0, 0.05) is 18.5 Å². The van der Waals surface area contributed by atoms with Crippen LogP contribution in [0.4, 0.5) is 4.79 Å². The number of hydrogen-bond donors (Lipinski definition) is 4. The molecule has 0 bridgehead atoms. The first-order valence-electron chi connectivity index (χ1n) is 4.79. The number of amides is 3. The Morgan fingerprint density at radius 2 is 1.88 bits per heavy atom. The van der Waals surface area contributed by atoms with Crippen LogP contribution in [0.15, 0.2) is 0 Å². The maximum atomic E-state index is 11.3. The van der Waals surface area contributed by atoms with Gasteiger partial charge in [-0.25, -0.2) is 4.79 Å². The van der Waals surface area contributed by atoms with Gasteiger partial charge in [-0.2, -0.15) is 0 Å². The fourth-order valence-corrected chi connectivity index (χ4v) is 1.07. The molecule has 0 saturated heterocycles. The van der Waals surface area contributed by atoms with E-state index in [1.165, 1.54) is 0 Å². The van der Waals surface area contributed by atoms with Crippen LogP contribution >= 0.6 is 0 Å². The zero-order valence-corrected chi connectivity index (χ0v) is 9.37. The molecular formula is C9H17N3O4. The minimum atomic E-state index is -0.998. The molecule has 0 aromatic carbocycles. The van der Waals surface area contributed by atoms with Crippen LogP contribution in [0.5, 0.6) is 0 Å². The fraction of sp³-hybridized carbons (Fsp3) is 0.667. The second-order valence-corrected chi connectivity index (χ2v) is 4.05. The molecule has 0 radical (unpaired) electrons. The average Bonchev–Trinajstić information content (AvgIpc) is 1.98. The Bertz CT molecular complexity index is 288. The van der Waals surface area contributed by atoms with Gasteiger partial charge in [0.25, 0.3) is 0 Å². The summed E-state index contributed by atoms with van der Waals surface area (Å²) in [6.07, 6.45) is -0.136. The molecule has 0 aliphatic rings. The van der Waals surface area contributed by atoms with E-state index in [1.807, 2.05) is 0 Å². The molecule has 0 unspecified atom stereocenters. The van der Waals surface area contributed by atoms with Crippen LogP contribution in [0.25, 0.3) is 0 Å². The number of aliphatic carboxylic acids is 1.